The molecule has 1 saturated heterocycles. The van der Waals surface area contributed by atoms with Gasteiger partial charge in [0.15, 0.2) is 5.82 Å². The number of hydrogen-bond acceptors (Lipinski definition) is 3. The van der Waals surface area contributed by atoms with Crippen LogP contribution in [-0.4, -0.2) is 21.3 Å². The standard InChI is InChI=1S/C14H18N4/c1-10-5-6-11(2)13(8-10)18-9-16-17-14(18)12-4-3-7-15-12/h5-6,8-9,12,15H,3-4,7H2,1-2H3. The van der Waals surface area contributed by atoms with Gasteiger partial charge >= 0.3 is 0 Å². The van der Waals surface area contributed by atoms with Gasteiger partial charge in [0, 0.05) is 0 Å². The third kappa shape index (κ3) is 1.93. The van der Waals surface area contributed by atoms with Gasteiger partial charge in [-0.3, -0.25) is 4.57 Å². The molecular weight excluding hydrogens is 224 g/mol. The lowest BCUT2D eigenvalue weighted by Crippen LogP contribution is -2.17. The molecule has 1 atom stereocenters. The average Bonchev–Trinajstić information content (AvgIpc) is 3.00. The van der Waals surface area contributed by atoms with Gasteiger partial charge in [0.25, 0.3) is 0 Å². The second-order valence-electron chi connectivity index (χ2n) is 5.00. The summed E-state index contributed by atoms with van der Waals surface area (Å²) in [5, 5.41) is 11.9. The Kier molecular flexibility index (Phi) is 2.88. The second kappa shape index (κ2) is 4.53. The summed E-state index contributed by atoms with van der Waals surface area (Å²) in [6.07, 6.45) is 4.17. The highest BCUT2D eigenvalue weighted by atomic mass is 15.3. The fraction of sp³-hybridized carbons (Fsp3) is 0.429. The van der Waals surface area contributed by atoms with Crippen molar-refractivity contribution in [2.24, 2.45) is 0 Å². The van der Waals surface area contributed by atoms with Crippen LogP contribution in [-0.2, 0) is 0 Å². The van der Waals surface area contributed by atoms with Gasteiger partial charge < -0.3 is 5.32 Å². The van der Waals surface area contributed by atoms with E-state index in [1.165, 1.54) is 23.2 Å². The van der Waals surface area contributed by atoms with Gasteiger partial charge in [-0.15, -0.1) is 10.2 Å². The molecule has 2 heterocycles. The summed E-state index contributed by atoms with van der Waals surface area (Å²) in [4.78, 5) is 0. The Bertz CT molecular complexity index is 553. The normalized spacial score (nSPS) is 19.3. The van der Waals surface area contributed by atoms with Crippen LogP contribution in [0, 0.1) is 13.8 Å². The minimum absolute atomic E-state index is 0.340. The van der Waals surface area contributed by atoms with Gasteiger partial charge in [0.2, 0.25) is 0 Å². The van der Waals surface area contributed by atoms with E-state index in [9.17, 15) is 0 Å². The Morgan fingerprint density at radius 2 is 2.22 bits per heavy atom. The van der Waals surface area contributed by atoms with Gasteiger partial charge in [-0.25, -0.2) is 0 Å². The van der Waals surface area contributed by atoms with E-state index in [-0.39, 0.29) is 0 Å². The molecule has 3 rings (SSSR count). The van der Waals surface area contributed by atoms with Crippen molar-refractivity contribution in [1.82, 2.24) is 20.1 Å². The highest BCUT2D eigenvalue weighted by molar-refractivity contribution is 5.43. The molecule has 4 heteroatoms. The van der Waals surface area contributed by atoms with Crippen molar-refractivity contribution >= 4 is 0 Å². The third-order valence-corrected chi connectivity index (χ3v) is 3.57. The predicted molar refractivity (Wildman–Crippen MR) is 70.8 cm³/mol. The van der Waals surface area contributed by atoms with E-state index in [4.69, 9.17) is 0 Å². The van der Waals surface area contributed by atoms with Crippen LogP contribution in [0.3, 0.4) is 0 Å². The molecule has 2 aromatic rings. The first-order valence-electron chi connectivity index (χ1n) is 6.46. The van der Waals surface area contributed by atoms with Gasteiger partial charge in [0.05, 0.1) is 11.7 Å². The van der Waals surface area contributed by atoms with Crippen LogP contribution < -0.4 is 5.32 Å². The van der Waals surface area contributed by atoms with Crippen molar-refractivity contribution in [1.29, 1.82) is 0 Å². The number of hydrogen-bond donors (Lipinski definition) is 1. The third-order valence-electron chi connectivity index (χ3n) is 3.57. The molecule has 1 fully saturated rings. The molecular formula is C14H18N4. The van der Waals surface area contributed by atoms with Gasteiger partial charge in [-0.2, -0.15) is 0 Å². The smallest absolute Gasteiger partial charge is 0.154 e. The van der Waals surface area contributed by atoms with E-state index in [0.29, 0.717) is 6.04 Å². The van der Waals surface area contributed by atoms with Gasteiger partial charge in [-0.1, -0.05) is 12.1 Å². The topological polar surface area (TPSA) is 42.7 Å². The fourth-order valence-electron chi connectivity index (χ4n) is 2.55. The molecule has 0 spiro atoms. The number of nitrogens with one attached hydrogen (secondary N) is 1. The SMILES string of the molecule is Cc1ccc(C)c(-n2cnnc2C2CCCN2)c1. The van der Waals surface area contributed by atoms with Gasteiger partial charge in [-0.05, 0) is 50.4 Å². The maximum atomic E-state index is 4.30. The first kappa shape index (κ1) is 11.4. The highest BCUT2D eigenvalue weighted by Crippen LogP contribution is 2.25. The van der Waals surface area contributed by atoms with E-state index in [1.54, 1.807) is 0 Å². The zero-order valence-corrected chi connectivity index (χ0v) is 10.8. The highest BCUT2D eigenvalue weighted by Gasteiger charge is 2.22. The first-order valence-corrected chi connectivity index (χ1v) is 6.46. The quantitative estimate of drug-likeness (QED) is 0.878. The van der Waals surface area contributed by atoms with E-state index < -0.39 is 0 Å². The molecule has 0 saturated carbocycles. The average molecular weight is 242 g/mol. The molecule has 4 nitrogen and oxygen atoms in total. The molecule has 0 amide bonds. The van der Waals surface area contributed by atoms with Crippen molar-refractivity contribution < 1.29 is 0 Å². The molecule has 1 aromatic heterocycles. The Labute approximate surface area is 107 Å². The second-order valence-corrected chi connectivity index (χ2v) is 5.00. The maximum absolute atomic E-state index is 4.30. The molecule has 94 valence electrons. The lowest BCUT2D eigenvalue weighted by Gasteiger charge is -2.14. The van der Waals surface area contributed by atoms with Crippen molar-refractivity contribution in [3.8, 4) is 5.69 Å². The van der Waals surface area contributed by atoms with Crippen LogP contribution in [0.5, 0.6) is 0 Å². The van der Waals surface area contributed by atoms with Crippen LogP contribution in [0.1, 0.15) is 35.8 Å². The summed E-state index contributed by atoms with van der Waals surface area (Å²) in [6.45, 7) is 5.31. The fourth-order valence-corrected chi connectivity index (χ4v) is 2.55. The number of benzene rings is 1. The zero-order valence-electron chi connectivity index (χ0n) is 10.8. The zero-order chi connectivity index (χ0) is 12.5. The summed E-state index contributed by atoms with van der Waals surface area (Å²) in [5.41, 5.74) is 3.69. The molecule has 0 aliphatic carbocycles. The molecule has 1 aliphatic heterocycles. The minimum atomic E-state index is 0.340. The lowest BCUT2D eigenvalue weighted by atomic mass is 10.1. The van der Waals surface area contributed by atoms with E-state index in [2.05, 4.69) is 52.1 Å². The van der Waals surface area contributed by atoms with Crippen LogP contribution in [0.4, 0.5) is 0 Å². The Morgan fingerprint density at radius 3 is 3.00 bits per heavy atom. The maximum Gasteiger partial charge on any atom is 0.154 e. The Balaban J connectivity index is 2.06. The summed E-state index contributed by atoms with van der Waals surface area (Å²) in [5.74, 6) is 1.03. The van der Waals surface area contributed by atoms with Crippen molar-refractivity contribution in [2.75, 3.05) is 6.54 Å². The predicted octanol–water partition coefficient (Wildman–Crippen LogP) is 2.31. The molecule has 1 N–H and O–H groups in total. The Morgan fingerprint density at radius 1 is 1.33 bits per heavy atom. The number of aromatic nitrogens is 3. The van der Waals surface area contributed by atoms with Crippen molar-refractivity contribution in [3.05, 3.63) is 41.5 Å². The minimum Gasteiger partial charge on any atom is -0.307 e. The largest absolute Gasteiger partial charge is 0.307 e. The monoisotopic (exact) mass is 242 g/mol. The van der Waals surface area contributed by atoms with Gasteiger partial charge in [0.1, 0.15) is 6.33 Å². The Hall–Kier alpha value is -1.68. The molecule has 1 unspecified atom stereocenters. The number of rotatable bonds is 2. The van der Waals surface area contributed by atoms with E-state index in [1.807, 2.05) is 6.33 Å². The van der Waals surface area contributed by atoms with E-state index in [0.717, 1.165) is 18.8 Å². The van der Waals surface area contributed by atoms with Crippen LogP contribution in [0.25, 0.3) is 5.69 Å². The van der Waals surface area contributed by atoms with Crippen LogP contribution in [0.2, 0.25) is 0 Å². The van der Waals surface area contributed by atoms with E-state index >= 15 is 0 Å². The molecule has 1 aliphatic rings. The lowest BCUT2D eigenvalue weighted by molar-refractivity contribution is 0.591. The first-order chi connectivity index (χ1) is 8.75. The van der Waals surface area contributed by atoms with Crippen LogP contribution >= 0.6 is 0 Å². The molecule has 0 bridgehead atoms. The van der Waals surface area contributed by atoms with Crippen molar-refractivity contribution in [3.63, 3.8) is 0 Å². The van der Waals surface area contributed by atoms with Crippen molar-refractivity contribution in [2.45, 2.75) is 32.7 Å². The molecule has 18 heavy (non-hydrogen) atoms. The summed E-state index contributed by atoms with van der Waals surface area (Å²) in [6, 6.07) is 6.82. The summed E-state index contributed by atoms with van der Waals surface area (Å²) in [7, 11) is 0. The number of aryl methyl sites for hydroxylation is 2. The summed E-state index contributed by atoms with van der Waals surface area (Å²) >= 11 is 0. The summed E-state index contributed by atoms with van der Waals surface area (Å²) < 4.78 is 2.12. The molecule has 0 radical (unpaired) electrons. The van der Waals surface area contributed by atoms with Crippen LogP contribution in [0.15, 0.2) is 24.5 Å². The molecule has 1 aromatic carbocycles. The number of nitrogens with zero attached hydrogens (tertiary/aromatic N) is 3.